The molecule has 0 spiro atoms. The van der Waals surface area contributed by atoms with Gasteiger partial charge in [-0.05, 0) is 30.0 Å². The second-order valence-corrected chi connectivity index (χ2v) is 5.85. The molecule has 23 heavy (non-hydrogen) atoms. The second kappa shape index (κ2) is 7.06. The van der Waals surface area contributed by atoms with Gasteiger partial charge in [0.1, 0.15) is 0 Å². The average Bonchev–Trinajstić information content (AvgIpc) is 3.40. The quantitative estimate of drug-likeness (QED) is 0.824. The average molecular weight is 305 g/mol. The number of benzene rings is 1. The number of pyridine rings is 1. The molecule has 2 aromatic rings. The molecule has 1 aliphatic rings. The summed E-state index contributed by atoms with van der Waals surface area (Å²) in [4.78, 5) is 18.9. The predicted octanol–water partition coefficient (Wildman–Crippen LogP) is 3.13. The highest BCUT2D eigenvalue weighted by molar-refractivity contribution is 5.83. The summed E-state index contributed by atoms with van der Waals surface area (Å²) in [6, 6.07) is 18.0. The van der Waals surface area contributed by atoms with Crippen LogP contribution in [0.4, 0.5) is 0 Å². The Bertz CT molecular complexity index is 694. The summed E-state index contributed by atoms with van der Waals surface area (Å²) < 4.78 is 0. The number of nitrogens with zero attached hydrogens (tertiary/aromatic N) is 3. The SMILES string of the molecule is N#CCCN(Cc1ccccn1)C(=O)C1CC1c1ccccc1. The maximum absolute atomic E-state index is 12.8. The minimum Gasteiger partial charge on any atom is -0.336 e. The largest absolute Gasteiger partial charge is 0.336 e. The highest BCUT2D eigenvalue weighted by Gasteiger charge is 2.45. The van der Waals surface area contributed by atoms with Crippen molar-refractivity contribution >= 4 is 5.91 Å². The van der Waals surface area contributed by atoms with Gasteiger partial charge in [-0.3, -0.25) is 9.78 Å². The predicted molar refractivity (Wildman–Crippen MR) is 87.2 cm³/mol. The maximum atomic E-state index is 12.8. The van der Waals surface area contributed by atoms with Crippen LogP contribution in [0.5, 0.6) is 0 Å². The van der Waals surface area contributed by atoms with Crippen molar-refractivity contribution in [2.24, 2.45) is 5.92 Å². The lowest BCUT2D eigenvalue weighted by Gasteiger charge is -2.21. The van der Waals surface area contributed by atoms with Crippen molar-refractivity contribution in [3.63, 3.8) is 0 Å². The molecule has 1 amide bonds. The van der Waals surface area contributed by atoms with E-state index in [9.17, 15) is 4.79 Å². The number of carbonyl (C=O) groups is 1. The first-order chi connectivity index (χ1) is 11.3. The maximum Gasteiger partial charge on any atom is 0.226 e. The molecule has 1 aromatic carbocycles. The molecule has 4 nitrogen and oxygen atoms in total. The Morgan fingerprint density at radius 2 is 2.00 bits per heavy atom. The third kappa shape index (κ3) is 3.75. The summed E-state index contributed by atoms with van der Waals surface area (Å²) in [6.07, 6.45) is 2.97. The molecule has 4 heteroatoms. The van der Waals surface area contributed by atoms with Crippen molar-refractivity contribution in [3.8, 4) is 6.07 Å². The van der Waals surface area contributed by atoms with Crippen LogP contribution < -0.4 is 0 Å². The monoisotopic (exact) mass is 305 g/mol. The number of hydrogen-bond donors (Lipinski definition) is 0. The van der Waals surface area contributed by atoms with Gasteiger partial charge in [-0.15, -0.1) is 0 Å². The topological polar surface area (TPSA) is 57.0 Å². The molecule has 2 unspecified atom stereocenters. The summed E-state index contributed by atoms with van der Waals surface area (Å²) in [5.74, 6) is 0.497. The number of aromatic nitrogens is 1. The zero-order valence-corrected chi connectivity index (χ0v) is 12.9. The Balaban J connectivity index is 1.68. The Morgan fingerprint density at radius 3 is 2.70 bits per heavy atom. The van der Waals surface area contributed by atoms with E-state index in [-0.39, 0.29) is 11.8 Å². The summed E-state index contributed by atoms with van der Waals surface area (Å²) in [5.41, 5.74) is 2.08. The molecular formula is C19H19N3O. The van der Waals surface area contributed by atoms with E-state index in [4.69, 9.17) is 5.26 Å². The van der Waals surface area contributed by atoms with Gasteiger partial charge in [0.25, 0.3) is 0 Å². The fourth-order valence-corrected chi connectivity index (χ4v) is 2.91. The van der Waals surface area contributed by atoms with Gasteiger partial charge in [0.2, 0.25) is 5.91 Å². The first kappa shape index (κ1) is 15.2. The van der Waals surface area contributed by atoms with Crippen LogP contribution in [0.1, 0.15) is 30.0 Å². The summed E-state index contributed by atoms with van der Waals surface area (Å²) in [6.45, 7) is 0.934. The van der Waals surface area contributed by atoms with E-state index < -0.39 is 0 Å². The van der Waals surface area contributed by atoms with Crippen LogP contribution in [0.25, 0.3) is 0 Å². The Labute approximate surface area is 136 Å². The van der Waals surface area contributed by atoms with Gasteiger partial charge in [0, 0.05) is 18.7 Å². The van der Waals surface area contributed by atoms with Gasteiger partial charge in [0.15, 0.2) is 0 Å². The van der Waals surface area contributed by atoms with Gasteiger partial charge >= 0.3 is 0 Å². The first-order valence-corrected chi connectivity index (χ1v) is 7.90. The molecule has 2 atom stereocenters. The van der Waals surface area contributed by atoms with Crippen LogP contribution in [-0.2, 0) is 11.3 Å². The van der Waals surface area contributed by atoms with Crippen molar-refractivity contribution in [2.75, 3.05) is 6.54 Å². The number of nitriles is 1. The van der Waals surface area contributed by atoms with E-state index >= 15 is 0 Å². The Kier molecular flexibility index (Phi) is 4.68. The first-order valence-electron chi connectivity index (χ1n) is 7.90. The lowest BCUT2D eigenvalue weighted by molar-refractivity contribution is -0.133. The van der Waals surface area contributed by atoms with Crippen molar-refractivity contribution in [2.45, 2.75) is 25.3 Å². The third-order valence-electron chi connectivity index (χ3n) is 4.22. The summed E-state index contributed by atoms with van der Waals surface area (Å²) >= 11 is 0. The Hall–Kier alpha value is -2.67. The number of rotatable bonds is 6. The highest BCUT2D eigenvalue weighted by Crippen LogP contribution is 2.48. The van der Waals surface area contributed by atoms with Gasteiger partial charge in [0.05, 0.1) is 24.7 Å². The highest BCUT2D eigenvalue weighted by atomic mass is 16.2. The minimum absolute atomic E-state index is 0.0415. The smallest absolute Gasteiger partial charge is 0.226 e. The van der Waals surface area contributed by atoms with Crippen molar-refractivity contribution in [1.29, 1.82) is 5.26 Å². The van der Waals surface area contributed by atoms with Crippen LogP contribution in [0, 0.1) is 17.2 Å². The van der Waals surface area contributed by atoms with E-state index in [2.05, 4.69) is 23.2 Å². The van der Waals surface area contributed by atoms with Gasteiger partial charge < -0.3 is 4.90 Å². The minimum atomic E-state index is 0.0415. The summed E-state index contributed by atoms with van der Waals surface area (Å²) in [7, 11) is 0. The molecule has 0 saturated heterocycles. The molecule has 116 valence electrons. The Morgan fingerprint density at radius 1 is 1.22 bits per heavy atom. The second-order valence-electron chi connectivity index (χ2n) is 5.85. The molecule has 1 aromatic heterocycles. The van der Waals surface area contributed by atoms with Gasteiger partial charge in [-0.2, -0.15) is 5.26 Å². The number of hydrogen-bond acceptors (Lipinski definition) is 3. The van der Waals surface area contributed by atoms with Crippen molar-refractivity contribution < 1.29 is 4.79 Å². The van der Waals surface area contributed by atoms with E-state index in [1.807, 2.05) is 36.4 Å². The molecule has 1 aliphatic carbocycles. The normalized spacial score (nSPS) is 18.9. The molecule has 0 bridgehead atoms. The standard InChI is InChI=1S/C19H19N3O/c20-10-6-12-22(14-16-9-4-5-11-21-16)19(23)18-13-17(18)15-7-2-1-3-8-15/h1-5,7-9,11,17-18H,6,12-14H2. The van der Waals surface area contributed by atoms with Crippen LogP contribution in [-0.4, -0.2) is 22.3 Å². The van der Waals surface area contributed by atoms with Gasteiger partial charge in [-0.25, -0.2) is 0 Å². The zero-order valence-electron chi connectivity index (χ0n) is 12.9. The number of amides is 1. The molecule has 1 saturated carbocycles. The van der Waals surface area contributed by atoms with Crippen molar-refractivity contribution in [3.05, 3.63) is 66.0 Å². The van der Waals surface area contributed by atoms with Crippen LogP contribution in [0.3, 0.4) is 0 Å². The third-order valence-corrected chi connectivity index (χ3v) is 4.22. The molecule has 0 radical (unpaired) electrons. The molecule has 1 fully saturated rings. The number of carbonyl (C=O) groups excluding carboxylic acids is 1. The van der Waals surface area contributed by atoms with Crippen LogP contribution in [0.2, 0.25) is 0 Å². The van der Waals surface area contributed by atoms with Crippen LogP contribution in [0.15, 0.2) is 54.7 Å². The summed E-state index contributed by atoms with van der Waals surface area (Å²) in [5, 5.41) is 8.84. The van der Waals surface area contributed by atoms with Gasteiger partial charge in [-0.1, -0.05) is 36.4 Å². The fraction of sp³-hybridized carbons (Fsp3) is 0.316. The fourth-order valence-electron chi connectivity index (χ4n) is 2.91. The lowest BCUT2D eigenvalue weighted by atomic mass is 10.1. The molecule has 3 rings (SSSR count). The zero-order chi connectivity index (χ0) is 16.1. The van der Waals surface area contributed by atoms with E-state index in [1.165, 1.54) is 5.56 Å². The van der Waals surface area contributed by atoms with E-state index in [1.54, 1.807) is 11.1 Å². The van der Waals surface area contributed by atoms with E-state index in [0.717, 1.165) is 12.1 Å². The van der Waals surface area contributed by atoms with Crippen molar-refractivity contribution in [1.82, 2.24) is 9.88 Å². The molecule has 0 N–H and O–H groups in total. The van der Waals surface area contributed by atoms with E-state index in [0.29, 0.717) is 25.4 Å². The molecular weight excluding hydrogens is 286 g/mol. The van der Waals surface area contributed by atoms with Crippen LogP contribution >= 0.6 is 0 Å². The molecule has 1 heterocycles. The molecule has 0 aliphatic heterocycles. The lowest BCUT2D eigenvalue weighted by Crippen LogP contribution is -2.33.